The van der Waals surface area contributed by atoms with Crippen molar-refractivity contribution >= 4 is 15.9 Å². The van der Waals surface area contributed by atoms with Crippen molar-refractivity contribution in [1.82, 2.24) is 4.98 Å². The Kier molecular flexibility index (Phi) is 3.52. The van der Waals surface area contributed by atoms with Gasteiger partial charge in [0, 0.05) is 17.1 Å². The molecule has 1 heterocycles. The van der Waals surface area contributed by atoms with Crippen molar-refractivity contribution in [2.75, 3.05) is 0 Å². The van der Waals surface area contributed by atoms with Gasteiger partial charge in [-0.1, -0.05) is 15.9 Å². The van der Waals surface area contributed by atoms with Gasteiger partial charge in [-0.2, -0.15) is 5.26 Å². The van der Waals surface area contributed by atoms with Crippen molar-refractivity contribution in [3.8, 4) is 11.9 Å². The summed E-state index contributed by atoms with van der Waals surface area (Å²) in [5, 5.41) is 8.64. The summed E-state index contributed by atoms with van der Waals surface area (Å²) in [6.45, 7) is 0. The Morgan fingerprint density at radius 1 is 1.53 bits per heavy atom. The molecule has 15 heavy (non-hydrogen) atoms. The summed E-state index contributed by atoms with van der Waals surface area (Å²) in [5.41, 5.74) is 0.352. The summed E-state index contributed by atoms with van der Waals surface area (Å²) in [5.74, 6) is -0.543. The number of hydrogen-bond acceptors (Lipinski definition) is 3. The molecule has 0 aliphatic carbocycles. The minimum atomic E-state index is -4.78. The van der Waals surface area contributed by atoms with Crippen LogP contribution in [0.5, 0.6) is 5.88 Å². The smallest absolute Gasteiger partial charge is 0.388 e. The van der Waals surface area contributed by atoms with Gasteiger partial charge in [0.25, 0.3) is 0 Å². The van der Waals surface area contributed by atoms with Gasteiger partial charge in [-0.25, -0.2) is 4.98 Å². The molecule has 0 saturated heterocycles. The van der Waals surface area contributed by atoms with Crippen LogP contribution >= 0.6 is 15.9 Å². The topological polar surface area (TPSA) is 45.9 Å². The molecule has 0 bridgehead atoms. The summed E-state index contributed by atoms with van der Waals surface area (Å²) in [6, 6.07) is 3.05. The highest BCUT2D eigenvalue weighted by Gasteiger charge is 2.32. The number of ether oxygens (including phenoxy) is 1. The average molecular weight is 281 g/mol. The van der Waals surface area contributed by atoms with Crippen LogP contribution in [0.2, 0.25) is 0 Å². The van der Waals surface area contributed by atoms with E-state index in [-0.39, 0.29) is 16.5 Å². The Hall–Kier alpha value is -1.29. The van der Waals surface area contributed by atoms with E-state index in [1.807, 2.05) is 0 Å². The van der Waals surface area contributed by atoms with Crippen LogP contribution in [-0.4, -0.2) is 11.3 Å². The van der Waals surface area contributed by atoms with Crippen molar-refractivity contribution in [2.24, 2.45) is 0 Å². The second kappa shape index (κ2) is 4.49. The Bertz CT molecular complexity index is 400. The van der Waals surface area contributed by atoms with Crippen molar-refractivity contribution in [3.63, 3.8) is 0 Å². The molecule has 0 atom stereocenters. The van der Waals surface area contributed by atoms with Gasteiger partial charge in [0.2, 0.25) is 5.88 Å². The lowest BCUT2D eigenvalue weighted by atomic mass is 10.2. The largest absolute Gasteiger partial charge is 0.574 e. The number of hydrogen-bond donors (Lipinski definition) is 0. The second-order valence-corrected chi connectivity index (χ2v) is 3.04. The van der Waals surface area contributed by atoms with Crippen LogP contribution in [0.25, 0.3) is 0 Å². The summed E-state index contributed by atoms with van der Waals surface area (Å²) in [7, 11) is 0. The molecule has 1 rings (SSSR count). The maximum Gasteiger partial charge on any atom is 0.574 e. The molecule has 1 aromatic heterocycles. The van der Waals surface area contributed by atoms with E-state index >= 15 is 0 Å². The molecule has 0 amide bonds. The lowest BCUT2D eigenvalue weighted by Gasteiger charge is -2.10. The third-order valence-corrected chi connectivity index (χ3v) is 2.01. The molecule has 0 saturated carbocycles. The zero-order valence-electron chi connectivity index (χ0n) is 7.18. The van der Waals surface area contributed by atoms with Crippen molar-refractivity contribution in [3.05, 3.63) is 23.4 Å². The summed E-state index contributed by atoms with van der Waals surface area (Å²) in [4.78, 5) is 3.41. The zero-order chi connectivity index (χ0) is 11.5. The van der Waals surface area contributed by atoms with Crippen molar-refractivity contribution in [1.29, 1.82) is 5.26 Å². The first-order valence-corrected chi connectivity index (χ1v) is 4.79. The summed E-state index contributed by atoms with van der Waals surface area (Å²) < 4.78 is 39.4. The van der Waals surface area contributed by atoms with Gasteiger partial charge < -0.3 is 4.74 Å². The normalized spacial score (nSPS) is 10.9. The van der Waals surface area contributed by atoms with Crippen molar-refractivity contribution in [2.45, 2.75) is 11.7 Å². The van der Waals surface area contributed by atoms with Crippen LogP contribution in [0.1, 0.15) is 11.1 Å². The predicted molar refractivity (Wildman–Crippen MR) is 48.3 cm³/mol. The lowest BCUT2D eigenvalue weighted by molar-refractivity contribution is -0.276. The first-order chi connectivity index (χ1) is 6.96. The highest BCUT2D eigenvalue weighted by molar-refractivity contribution is 9.08. The number of rotatable bonds is 2. The number of nitrogens with zero attached hydrogens (tertiary/aromatic N) is 2. The van der Waals surface area contributed by atoms with E-state index in [1.54, 1.807) is 6.07 Å². The molecule has 0 fully saturated rings. The fourth-order valence-corrected chi connectivity index (χ4v) is 1.26. The lowest BCUT2D eigenvalue weighted by Crippen LogP contribution is -2.18. The zero-order valence-corrected chi connectivity index (χ0v) is 8.76. The van der Waals surface area contributed by atoms with Gasteiger partial charge in [0.15, 0.2) is 0 Å². The Balaban J connectivity index is 3.04. The van der Waals surface area contributed by atoms with E-state index in [0.29, 0.717) is 0 Å². The highest BCUT2D eigenvalue weighted by atomic mass is 79.9. The minimum absolute atomic E-state index is 0.126. The Morgan fingerprint density at radius 3 is 2.67 bits per heavy atom. The average Bonchev–Trinajstić information content (AvgIpc) is 2.16. The van der Waals surface area contributed by atoms with E-state index in [1.165, 1.54) is 6.07 Å². The molecule has 7 heteroatoms. The molecule has 0 aliphatic rings. The van der Waals surface area contributed by atoms with Gasteiger partial charge in [-0.05, 0) is 6.07 Å². The number of pyridine rings is 1. The molecule has 0 spiro atoms. The monoisotopic (exact) mass is 280 g/mol. The number of alkyl halides is 4. The molecule has 3 nitrogen and oxygen atoms in total. The predicted octanol–water partition coefficient (Wildman–Crippen LogP) is 2.75. The first-order valence-electron chi connectivity index (χ1n) is 3.67. The van der Waals surface area contributed by atoms with Gasteiger partial charge >= 0.3 is 6.36 Å². The third kappa shape index (κ3) is 3.40. The number of nitriles is 1. The van der Waals surface area contributed by atoms with E-state index < -0.39 is 12.2 Å². The van der Waals surface area contributed by atoms with Gasteiger partial charge in [0.05, 0.1) is 5.56 Å². The van der Waals surface area contributed by atoms with Crippen LogP contribution in [0.15, 0.2) is 12.3 Å². The molecule has 1 aromatic rings. The Labute approximate surface area is 91.6 Å². The van der Waals surface area contributed by atoms with Crippen LogP contribution in [-0.2, 0) is 5.33 Å². The molecule has 0 unspecified atom stereocenters. The molecular weight excluding hydrogens is 277 g/mol. The van der Waals surface area contributed by atoms with Gasteiger partial charge in [0.1, 0.15) is 6.07 Å². The third-order valence-electron chi connectivity index (χ3n) is 1.41. The summed E-state index contributed by atoms with van der Waals surface area (Å²) in [6.07, 6.45) is -3.76. The van der Waals surface area contributed by atoms with E-state index in [0.717, 1.165) is 6.20 Å². The molecule has 0 N–H and O–H groups in total. The van der Waals surface area contributed by atoms with Crippen LogP contribution in [0.3, 0.4) is 0 Å². The molecule has 0 radical (unpaired) electrons. The molecule has 80 valence electrons. The number of aromatic nitrogens is 1. The van der Waals surface area contributed by atoms with Gasteiger partial charge in [-0.3, -0.25) is 0 Å². The second-order valence-electron chi connectivity index (χ2n) is 2.48. The fraction of sp³-hybridized carbons (Fsp3) is 0.250. The maximum absolute atomic E-state index is 11.9. The molecule has 0 aromatic carbocycles. The quantitative estimate of drug-likeness (QED) is 0.783. The van der Waals surface area contributed by atoms with E-state index in [4.69, 9.17) is 5.26 Å². The molecule has 0 aliphatic heterocycles. The number of halogens is 4. The van der Waals surface area contributed by atoms with Crippen LogP contribution < -0.4 is 4.74 Å². The molecular formula is C8H4BrF3N2O. The summed E-state index contributed by atoms with van der Waals surface area (Å²) >= 11 is 2.98. The maximum atomic E-state index is 11.9. The first kappa shape index (κ1) is 11.8. The highest BCUT2D eigenvalue weighted by Crippen LogP contribution is 2.26. The van der Waals surface area contributed by atoms with Crippen molar-refractivity contribution < 1.29 is 17.9 Å². The van der Waals surface area contributed by atoms with Crippen LogP contribution in [0, 0.1) is 11.3 Å². The van der Waals surface area contributed by atoms with Gasteiger partial charge in [-0.15, -0.1) is 13.2 Å². The fourth-order valence-electron chi connectivity index (χ4n) is 0.856. The van der Waals surface area contributed by atoms with E-state index in [9.17, 15) is 13.2 Å². The van der Waals surface area contributed by atoms with E-state index in [2.05, 4.69) is 25.7 Å². The standard InChI is InChI=1S/C8H4BrF3N2O/c9-2-6-1-5(3-13)4-14-7(6)15-8(10,11)12/h1,4H,2H2. The van der Waals surface area contributed by atoms with Crippen LogP contribution in [0.4, 0.5) is 13.2 Å². The Morgan fingerprint density at radius 2 is 2.20 bits per heavy atom. The SMILES string of the molecule is N#Cc1cnc(OC(F)(F)F)c(CBr)c1. The minimum Gasteiger partial charge on any atom is -0.388 e.